The normalized spacial score (nSPS) is 18.0. The number of methoxy groups -OCH3 is 2. The van der Waals surface area contributed by atoms with Gasteiger partial charge in [0.25, 0.3) is 0 Å². The van der Waals surface area contributed by atoms with Crippen LogP contribution in [0.15, 0.2) is 12.1 Å². The zero-order chi connectivity index (χ0) is 13.1. The average molecular weight is 250 g/mol. The van der Waals surface area contributed by atoms with Gasteiger partial charge in [-0.25, -0.2) is 0 Å². The Morgan fingerprint density at radius 1 is 1.22 bits per heavy atom. The van der Waals surface area contributed by atoms with Crippen molar-refractivity contribution in [2.75, 3.05) is 37.5 Å². The van der Waals surface area contributed by atoms with Crippen molar-refractivity contribution in [2.24, 2.45) is 0 Å². The van der Waals surface area contributed by atoms with Crippen LogP contribution < -0.4 is 19.7 Å². The van der Waals surface area contributed by atoms with Crippen LogP contribution in [-0.2, 0) is 0 Å². The molecule has 0 saturated heterocycles. The molecule has 0 fully saturated rings. The lowest BCUT2D eigenvalue weighted by molar-refractivity contribution is 0.355. The Kier molecular flexibility index (Phi) is 3.84. The highest BCUT2D eigenvalue weighted by Gasteiger charge is 2.25. The molecule has 1 unspecified atom stereocenters. The SMILES string of the molecule is CCC1CNc2cc(OC)c(OC)cc2N1CC. The number of rotatable bonds is 4. The van der Waals surface area contributed by atoms with Crippen molar-refractivity contribution >= 4 is 11.4 Å². The van der Waals surface area contributed by atoms with Gasteiger partial charge in [0.05, 0.1) is 25.6 Å². The second kappa shape index (κ2) is 5.38. The van der Waals surface area contributed by atoms with Crippen molar-refractivity contribution in [2.45, 2.75) is 26.3 Å². The molecular formula is C14H22N2O2. The maximum atomic E-state index is 5.38. The minimum atomic E-state index is 0.542. The lowest BCUT2D eigenvalue weighted by Gasteiger charge is -2.38. The first kappa shape index (κ1) is 12.9. The molecule has 18 heavy (non-hydrogen) atoms. The standard InChI is InChI=1S/C14H22N2O2/c1-5-10-9-15-11-7-13(17-3)14(18-4)8-12(11)16(10)6-2/h7-8,10,15H,5-6,9H2,1-4H3. The molecule has 1 N–H and O–H groups in total. The molecule has 100 valence electrons. The molecule has 2 rings (SSSR count). The van der Waals surface area contributed by atoms with Crippen molar-refractivity contribution in [1.82, 2.24) is 0 Å². The Morgan fingerprint density at radius 3 is 2.44 bits per heavy atom. The van der Waals surface area contributed by atoms with Gasteiger partial charge in [-0.1, -0.05) is 6.92 Å². The number of ether oxygens (including phenoxy) is 2. The minimum absolute atomic E-state index is 0.542. The molecule has 0 amide bonds. The third kappa shape index (κ3) is 2.07. The summed E-state index contributed by atoms with van der Waals surface area (Å²) in [7, 11) is 3.34. The number of nitrogens with one attached hydrogen (secondary N) is 1. The summed E-state index contributed by atoms with van der Waals surface area (Å²) in [4.78, 5) is 2.42. The van der Waals surface area contributed by atoms with E-state index in [4.69, 9.17) is 9.47 Å². The minimum Gasteiger partial charge on any atom is -0.493 e. The predicted octanol–water partition coefficient (Wildman–Crippen LogP) is 2.73. The van der Waals surface area contributed by atoms with E-state index in [1.54, 1.807) is 14.2 Å². The van der Waals surface area contributed by atoms with E-state index in [0.717, 1.165) is 36.7 Å². The maximum Gasteiger partial charge on any atom is 0.162 e. The molecule has 0 bridgehead atoms. The molecule has 1 aliphatic rings. The maximum absolute atomic E-state index is 5.38. The Labute approximate surface area is 109 Å². The lowest BCUT2D eigenvalue weighted by Crippen LogP contribution is -2.43. The van der Waals surface area contributed by atoms with Crippen molar-refractivity contribution in [3.63, 3.8) is 0 Å². The number of hydrogen-bond acceptors (Lipinski definition) is 4. The van der Waals surface area contributed by atoms with Crippen molar-refractivity contribution in [3.05, 3.63) is 12.1 Å². The van der Waals surface area contributed by atoms with Gasteiger partial charge in [-0.3, -0.25) is 0 Å². The van der Waals surface area contributed by atoms with Gasteiger partial charge >= 0.3 is 0 Å². The largest absolute Gasteiger partial charge is 0.493 e. The topological polar surface area (TPSA) is 33.7 Å². The summed E-state index contributed by atoms with van der Waals surface area (Å²) in [6.07, 6.45) is 1.13. The van der Waals surface area contributed by atoms with Crippen LogP contribution >= 0.6 is 0 Å². The summed E-state index contributed by atoms with van der Waals surface area (Å²) in [5.74, 6) is 1.56. The van der Waals surface area contributed by atoms with Gasteiger partial charge in [0, 0.05) is 31.3 Å². The van der Waals surface area contributed by atoms with Crippen LogP contribution in [0.3, 0.4) is 0 Å². The zero-order valence-corrected chi connectivity index (χ0v) is 11.6. The fourth-order valence-corrected chi connectivity index (χ4v) is 2.58. The fraction of sp³-hybridized carbons (Fsp3) is 0.571. The summed E-state index contributed by atoms with van der Waals surface area (Å²) < 4.78 is 10.7. The number of fused-ring (bicyclic) bond motifs is 1. The van der Waals surface area contributed by atoms with Crippen LogP contribution in [0.2, 0.25) is 0 Å². The predicted molar refractivity (Wildman–Crippen MR) is 75.1 cm³/mol. The number of likely N-dealkylation sites (N-methyl/N-ethyl adjacent to an activating group) is 1. The number of benzene rings is 1. The summed E-state index contributed by atoms with van der Waals surface area (Å²) in [5, 5.41) is 3.48. The first-order valence-corrected chi connectivity index (χ1v) is 6.51. The average Bonchev–Trinajstić information content (AvgIpc) is 2.44. The molecule has 0 aliphatic carbocycles. The summed E-state index contributed by atoms with van der Waals surface area (Å²) >= 11 is 0. The molecule has 0 aromatic heterocycles. The Balaban J connectivity index is 2.45. The van der Waals surface area contributed by atoms with Gasteiger partial charge < -0.3 is 19.7 Å². The van der Waals surface area contributed by atoms with E-state index < -0.39 is 0 Å². The molecule has 1 aromatic carbocycles. The highest BCUT2D eigenvalue weighted by molar-refractivity contribution is 5.77. The monoisotopic (exact) mass is 250 g/mol. The highest BCUT2D eigenvalue weighted by Crippen LogP contribution is 2.41. The molecule has 0 saturated carbocycles. The number of nitrogens with zero attached hydrogens (tertiary/aromatic N) is 1. The van der Waals surface area contributed by atoms with Gasteiger partial charge in [-0.05, 0) is 13.3 Å². The van der Waals surface area contributed by atoms with Crippen LogP contribution in [-0.4, -0.2) is 33.4 Å². The Hall–Kier alpha value is -1.58. The molecule has 0 radical (unpaired) electrons. The van der Waals surface area contributed by atoms with E-state index in [2.05, 4.69) is 30.1 Å². The molecular weight excluding hydrogens is 228 g/mol. The molecule has 1 aliphatic heterocycles. The van der Waals surface area contributed by atoms with Crippen LogP contribution in [0.25, 0.3) is 0 Å². The van der Waals surface area contributed by atoms with Gasteiger partial charge in [0.2, 0.25) is 0 Å². The molecule has 4 heteroatoms. The third-order valence-electron chi connectivity index (χ3n) is 3.59. The first-order chi connectivity index (χ1) is 8.74. The molecule has 1 heterocycles. The quantitative estimate of drug-likeness (QED) is 0.891. The fourth-order valence-electron chi connectivity index (χ4n) is 2.58. The summed E-state index contributed by atoms with van der Waals surface area (Å²) in [6, 6.07) is 4.62. The first-order valence-electron chi connectivity index (χ1n) is 6.51. The van der Waals surface area contributed by atoms with E-state index >= 15 is 0 Å². The van der Waals surface area contributed by atoms with Crippen molar-refractivity contribution < 1.29 is 9.47 Å². The van der Waals surface area contributed by atoms with Crippen LogP contribution in [0.1, 0.15) is 20.3 Å². The summed E-state index contributed by atoms with van der Waals surface area (Å²) in [6.45, 7) is 6.39. The smallest absolute Gasteiger partial charge is 0.162 e. The van der Waals surface area contributed by atoms with Crippen LogP contribution in [0.4, 0.5) is 11.4 Å². The molecule has 1 atom stereocenters. The van der Waals surface area contributed by atoms with E-state index in [1.165, 1.54) is 5.69 Å². The second-order valence-electron chi connectivity index (χ2n) is 4.45. The van der Waals surface area contributed by atoms with E-state index in [9.17, 15) is 0 Å². The molecule has 0 spiro atoms. The molecule has 1 aromatic rings. The Morgan fingerprint density at radius 2 is 1.89 bits per heavy atom. The van der Waals surface area contributed by atoms with E-state index in [0.29, 0.717) is 6.04 Å². The van der Waals surface area contributed by atoms with Crippen molar-refractivity contribution in [1.29, 1.82) is 0 Å². The van der Waals surface area contributed by atoms with Gasteiger partial charge in [0.1, 0.15) is 0 Å². The van der Waals surface area contributed by atoms with Crippen molar-refractivity contribution in [3.8, 4) is 11.5 Å². The van der Waals surface area contributed by atoms with Crippen LogP contribution in [0, 0.1) is 0 Å². The number of anilines is 2. The van der Waals surface area contributed by atoms with Gasteiger partial charge in [-0.15, -0.1) is 0 Å². The summed E-state index contributed by atoms with van der Waals surface area (Å²) in [5.41, 5.74) is 2.33. The number of hydrogen-bond donors (Lipinski definition) is 1. The zero-order valence-electron chi connectivity index (χ0n) is 11.6. The van der Waals surface area contributed by atoms with E-state index in [1.807, 2.05) is 6.07 Å². The van der Waals surface area contributed by atoms with Crippen LogP contribution in [0.5, 0.6) is 11.5 Å². The molecule has 4 nitrogen and oxygen atoms in total. The third-order valence-corrected chi connectivity index (χ3v) is 3.59. The second-order valence-corrected chi connectivity index (χ2v) is 4.45. The van der Waals surface area contributed by atoms with E-state index in [-0.39, 0.29) is 0 Å². The van der Waals surface area contributed by atoms with Gasteiger partial charge in [-0.2, -0.15) is 0 Å². The lowest BCUT2D eigenvalue weighted by atomic mass is 10.1. The highest BCUT2D eigenvalue weighted by atomic mass is 16.5. The van der Waals surface area contributed by atoms with Gasteiger partial charge in [0.15, 0.2) is 11.5 Å². The Bertz CT molecular complexity index is 421.